The lowest BCUT2D eigenvalue weighted by Gasteiger charge is -2.09. The lowest BCUT2D eigenvalue weighted by Crippen LogP contribution is -2.26. The molecule has 2 rings (SSSR count). The van der Waals surface area contributed by atoms with Crippen molar-refractivity contribution >= 4 is 17.9 Å². The third-order valence-electron chi connectivity index (χ3n) is 2.49. The van der Waals surface area contributed by atoms with E-state index in [1.807, 2.05) is 0 Å². The Bertz CT molecular complexity index is 496. The first-order valence-electron chi connectivity index (χ1n) is 4.85. The largest absolute Gasteiger partial charge is 0.481 e. The highest BCUT2D eigenvalue weighted by Crippen LogP contribution is 2.32. The van der Waals surface area contributed by atoms with Crippen LogP contribution in [0.25, 0.3) is 0 Å². The van der Waals surface area contributed by atoms with E-state index in [0.717, 1.165) is 4.90 Å². The van der Waals surface area contributed by atoms with Crippen molar-refractivity contribution in [1.82, 2.24) is 4.98 Å². The summed E-state index contributed by atoms with van der Waals surface area (Å²) in [4.78, 5) is 26.0. The van der Waals surface area contributed by atoms with Gasteiger partial charge in [0.1, 0.15) is 6.26 Å². The number of oxazole rings is 1. The van der Waals surface area contributed by atoms with E-state index in [4.69, 9.17) is 5.11 Å². The summed E-state index contributed by atoms with van der Waals surface area (Å²) in [7, 11) is 0. The minimum atomic E-state index is -4.67. The van der Waals surface area contributed by atoms with Crippen molar-refractivity contribution < 1.29 is 32.3 Å². The lowest BCUT2D eigenvalue weighted by molar-refractivity contribution is -0.142. The quantitative estimate of drug-likeness (QED) is 0.865. The molecule has 1 aliphatic heterocycles. The van der Waals surface area contributed by atoms with Crippen LogP contribution in [0.1, 0.15) is 12.1 Å². The van der Waals surface area contributed by atoms with Crippen molar-refractivity contribution in [2.45, 2.75) is 12.6 Å². The van der Waals surface area contributed by atoms with Gasteiger partial charge in [-0.05, 0) is 0 Å². The SMILES string of the molecule is O=C(O)C1CC(=O)N(c2nc(C(F)(F)F)co2)C1. The van der Waals surface area contributed by atoms with Gasteiger partial charge in [-0.2, -0.15) is 18.2 Å². The van der Waals surface area contributed by atoms with Crippen LogP contribution in [-0.2, 0) is 15.8 Å². The first-order valence-corrected chi connectivity index (χ1v) is 4.85. The number of carbonyl (C=O) groups is 2. The fourth-order valence-electron chi connectivity index (χ4n) is 1.58. The molecule has 0 bridgehead atoms. The molecule has 1 atom stereocenters. The smallest absolute Gasteiger partial charge is 0.436 e. The lowest BCUT2D eigenvalue weighted by atomic mass is 10.1. The second-order valence-corrected chi connectivity index (χ2v) is 3.76. The summed E-state index contributed by atoms with van der Waals surface area (Å²) in [6.07, 6.45) is -4.56. The Morgan fingerprint density at radius 3 is 2.67 bits per heavy atom. The molecule has 9 heteroatoms. The molecule has 0 spiro atoms. The summed E-state index contributed by atoms with van der Waals surface area (Å²) >= 11 is 0. The Kier molecular flexibility index (Phi) is 2.76. The number of nitrogens with zero attached hydrogens (tertiary/aromatic N) is 2. The van der Waals surface area contributed by atoms with E-state index in [1.54, 1.807) is 0 Å². The highest BCUT2D eigenvalue weighted by Gasteiger charge is 2.40. The Morgan fingerprint density at radius 1 is 1.56 bits per heavy atom. The highest BCUT2D eigenvalue weighted by atomic mass is 19.4. The van der Waals surface area contributed by atoms with Crippen molar-refractivity contribution in [3.05, 3.63) is 12.0 Å². The van der Waals surface area contributed by atoms with Crippen LogP contribution in [0.15, 0.2) is 10.7 Å². The number of aliphatic carboxylic acids is 1. The zero-order chi connectivity index (χ0) is 13.5. The average Bonchev–Trinajstić information content (AvgIpc) is 2.81. The maximum absolute atomic E-state index is 12.3. The first kappa shape index (κ1) is 12.4. The molecule has 98 valence electrons. The molecule has 18 heavy (non-hydrogen) atoms. The molecule has 1 saturated heterocycles. The van der Waals surface area contributed by atoms with E-state index in [0.29, 0.717) is 6.26 Å². The molecule has 0 aliphatic carbocycles. The molecule has 0 aromatic carbocycles. The minimum absolute atomic E-state index is 0.244. The Labute approximate surface area is 98.0 Å². The van der Waals surface area contributed by atoms with Gasteiger partial charge in [-0.15, -0.1) is 0 Å². The second kappa shape index (κ2) is 4.00. The number of alkyl halides is 3. The summed E-state index contributed by atoms with van der Waals surface area (Å²) in [5, 5.41) is 8.72. The van der Waals surface area contributed by atoms with Gasteiger partial charge in [0.05, 0.1) is 5.92 Å². The molecule has 1 aromatic heterocycles. The van der Waals surface area contributed by atoms with Gasteiger partial charge >= 0.3 is 18.2 Å². The van der Waals surface area contributed by atoms with Crippen LogP contribution in [0.2, 0.25) is 0 Å². The van der Waals surface area contributed by atoms with Crippen molar-refractivity contribution in [2.24, 2.45) is 5.92 Å². The summed E-state index contributed by atoms with van der Waals surface area (Å²) in [5.74, 6) is -2.77. The van der Waals surface area contributed by atoms with E-state index in [9.17, 15) is 22.8 Å². The molecule has 1 unspecified atom stereocenters. The highest BCUT2D eigenvalue weighted by molar-refractivity contribution is 5.97. The van der Waals surface area contributed by atoms with Crippen LogP contribution in [-0.4, -0.2) is 28.5 Å². The Balaban J connectivity index is 2.20. The van der Waals surface area contributed by atoms with Crippen molar-refractivity contribution in [3.63, 3.8) is 0 Å². The molecular weight excluding hydrogens is 257 g/mol. The molecule has 1 aromatic rings. The van der Waals surface area contributed by atoms with Gasteiger partial charge in [-0.1, -0.05) is 0 Å². The summed E-state index contributed by atoms with van der Waals surface area (Å²) < 4.78 is 41.4. The molecule has 0 radical (unpaired) electrons. The number of rotatable bonds is 2. The first-order chi connectivity index (χ1) is 8.29. The van der Waals surface area contributed by atoms with E-state index in [1.165, 1.54) is 0 Å². The molecule has 6 nitrogen and oxygen atoms in total. The molecular formula is C9H7F3N2O4. The van der Waals surface area contributed by atoms with Crippen molar-refractivity contribution in [3.8, 4) is 0 Å². The van der Waals surface area contributed by atoms with Crippen LogP contribution in [0, 0.1) is 5.92 Å². The van der Waals surface area contributed by atoms with Crippen LogP contribution in [0.5, 0.6) is 0 Å². The fourth-order valence-corrected chi connectivity index (χ4v) is 1.58. The third kappa shape index (κ3) is 2.15. The second-order valence-electron chi connectivity index (χ2n) is 3.76. The van der Waals surface area contributed by atoms with E-state index < -0.39 is 35.7 Å². The van der Waals surface area contributed by atoms with Gasteiger partial charge in [0, 0.05) is 13.0 Å². The zero-order valence-electron chi connectivity index (χ0n) is 8.77. The number of carboxylic acid groups (broad SMARTS) is 1. The molecule has 1 N–H and O–H groups in total. The monoisotopic (exact) mass is 264 g/mol. The van der Waals surface area contributed by atoms with Crippen LogP contribution in [0.3, 0.4) is 0 Å². The predicted octanol–water partition coefficient (Wildman–Crippen LogP) is 1.13. The van der Waals surface area contributed by atoms with Crippen molar-refractivity contribution in [2.75, 3.05) is 11.4 Å². The maximum atomic E-state index is 12.3. The Hall–Kier alpha value is -2.06. The predicted molar refractivity (Wildman–Crippen MR) is 49.6 cm³/mol. The minimum Gasteiger partial charge on any atom is -0.481 e. The van der Waals surface area contributed by atoms with Crippen LogP contribution >= 0.6 is 0 Å². The van der Waals surface area contributed by atoms with E-state index in [2.05, 4.69) is 9.40 Å². The number of aromatic nitrogens is 1. The molecule has 1 amide bonds. The zero-order valence-corrected chi connectivity index (χ0v) is 8.77. The van der Waals surface area contributed by atoms with Crippen LogP contribution in [0.4, 0.5) is 19.2 Å². The van der Waals surface area contributed by atoms with Gasteiger partial charge in [0.2, 0.25) is 5.91 Å². The molecule has 0 saturated carbocycles. The van der Waals surface area contributed by atoms with E-state index in [-0.39, 0.29) is 13.0 Å². The number of anilines is 1. The summed E-state index contributed by atoms with van der Waals surface area (Å²) in [6.45, 7) is -0.244. The number of hydrogen-bond acceptors (Lipinski definition) is 4. The molecule has 1 aliphatic rings. The number of carboxylic acids is 1. The molecule has 1 fully saturated rings. The topological polar surface area (TPSA) is 83.6 Å². The van der Waals surface area contributed by atoms with Crippen LogP contribution < -0.4 is 4.90 Å². The molecule has 2 heterocycles. The number of amides is 1. The van der Waals surface area contributed by atoms with Gasteiger partial charge < -0.3 is 9.52 Å². The van der Waals surface area contributed by atoms with Gasteiger partial charge in [0.15, 0.2) is 5.69 Å². The van der Waals surface area contributed by atoms with Crippen molar-refractivity contribution in [1.29, 1.82) is 0 Å². The van der Waals surface area contributed by atoms with E-state index >= 15 is 0 Å². The Morgan fingerprint density at radius 2 is 2.22 bits per heavy atom. The number of halogens is 3. The average molecular weight is 264 g/mol. The van der Waals surface area contributed by atoms with Gasteiger partial charge in [-0.25, -0.2) is 0 Å². The normalized spacial score (nSPS) is 20.5. The third-order valence-corrected chi connectivity index (χ3v) is 2.49. The summed E-state index contributed by atoms with van der Waals surface area (Å²) in [5.41, 5.74) is -1.26. The van der Waals surface area contributed by atoms with Gasteiger partial charge in [-0.3, -0.25) is 14.5 Å². The maximum Gasteiger partial charge on any atom is 0.436 e. The fraction of sp³-hybridized carbons (Fsp3) is 0.444. The summed E-state index contributed by atoms with van der Waals surface area (Å²) in [6, 6.07) is -0.531. The number of hydrogen-bond donors (Lipinski definition) is 1. The standard InChI is InChI=1S/C9H7F3N2O4/c10-9(11,12)5-3-18-8(13-5)14-2-4(7(16)17)1-6(14)15/h3-4H,1-2H2,(H,16,17). The number of carbonyl (C=O) groups excluding carboxylic acids is 1. The van der Waals surface area contributed by atoms with Gasteiger partial charge in [0.25, 0.3) is 0 Å².